The molecule has 1 aromatic rings. The lowest BCUT2D eigenvalue weighted by molar-refractivity contribution is 0.0533. The fourth-order valence-corrected chi connectivity index (χ4v) is 2.54. The highest BCUT2D eigenvalue weighted by Gasteiger charge is 2.33. The van der Waals surface area contributed by atoms with Gasteiger partial charge in [0.15, 0.2) is 11.6 Å². The first-order valence-electron chi connectivity index (χ1n) is 6.75. The maximum absolute atomic E-state index is 12.6. The molecule has 2 rings (SSSR count). The minimum Gasteiger partial charge on any atom is -0.394 e. The molecular weight excluding hydrogens is 256 g/mol. The molecule has 1 aliphatic carbocycles. The third-order valence-electron chi connectivity index (χ3n) is 3.48. The predicted octanol–water partition coefficient (Wildman–Crippen LogP) is 2.17. The second-order valence-corrected chi connectivity index (χ2v) is 4.69. The topological polar surface area (TPSA) is 63.6 Å². The molecule has 1 atom stereocenters. The van der Waals surface area contributed by atoms with Crippen molar-refractivity contribution in [2.45, 2.75) is 26.4 Å². The van der Waals surface area contributed by atoms with E-state index in [1.165, 1.54) is 0 Å². The SMILES string of the molecule is CCC1=C(C(C)OCCO)C(=O)c2ccccc2C1=O. The summed E-state index contributed by atoms with van der Waals surface area (Å²) < 4.78 is 5.42. The summed E-state index contributed by atoms with van der Waals surface area (Å²) in [7, 11) is 0. The molecule has 106 valence electrons. The van der Waals surface area contributed by atoms with Crippen LogP contribution in [0.1, 0.15) is 41.0 Å². The number of Topliss-reactive ketones (excluding diaryl/α,β-unsaturated/α-hetero) is 2. The Hall–Kier alpha value is -1.78. The van der Waals surface area contributed by atoms with E-state index < -0.39 is 6.10 Å². The number of carbonyl (C=O) groups is 2. The van der Waals surface area contributed by atoms with Crippen LogP contribution in [-0.4, -0.2) is 36.0 Å². The molecule has 1 N–H and O–H groups in total. The summed E-state index contributed by atoms with van der Waals surface area (Å²) in [5.41, 5.74) is 1.83. The zero-order valence-corrected chi connectivity index (χ0v) is 11.7. The van der Waals surface area contributed by atoms with E-state index in [-0.39, 0.29) is 24.8 Å². The average Bonchev–Trinajstić information content (AvgIpc) is 2.48. The van der Waals surface area contributed by atoms with Crippen LogP contribution in [0.5, 0.6) is 0 Å². The van der Waals surface area contributed by atoms with Crippen molar-refractivity contribution in [3.05, 3.63) is 46.5 Å². The van der Waals surface area contributed by atoms with Crippen LogP contribution in [0, 0.1) is 0 Å². The van der Waals surface area contributed by atoms with Gasteiger partial charge in [0.1, 0.15) is 0 Å². The lowest BCUT2D eigenvalue weighted by atomic mass is 9.81. The standard InChI is InChI=1S/C16H18O4/c1-3-11-14(10(2)20-9-8-17)16(19)13-7-5-4-6-12(13)15(11)18/h4-7,10,17H,3,8-9H2,1-2H3. The summed E-state index contributed by atoms with van der Waals surface area (Å²) in [6.45, 7) is 3.62. The second-order valence-electron chi connectivity index (χ2n) is 4.69. The van der Waals surface area contributed by atoms with Crippen LogP contribution in [0.15, 0.2) is 35.4 Å². The number of aliphatic hydroxyl groups excluding tert-OH is 1. The van der Waals surface area contributed by atoms with Gasteiger partial charge in [0.05, 0.1) is 19.3 Å². The van der Waals surface area contributed by atoms with Gasteiger partial charge in [-0.15, -0.1) is 0 Å². The van der Waals surface area contributed by atoms with E-state index in [1.807, 2.05) is 6.92 Å². The highest BCUT2D eigenvalue weighted by molar-refractivity contribution is 6.27. The molecule has 0 amide bonds. The molecule has 0 radical (unpaired) electrons. The van der Waals surface area contributed by atoms with E-state index >= 15 is 0 Å². The van der Waals surface area contributed by atoms with Gasteiger partial charge in [-0.3, -0.25) is 9.59 Å². The fraction of sp³-hybridized carbons (Fsp3) is 0.375. The third-order valence-corrected chi connectivity index (χ3v) is 3.48. The van der Waals surface area contributed by atoms with Gasteiger partial charge >= 0.3 is 0 Å². The van der Waals surface area contributed by atoms with Crippen molar-refractivity contribution in [3.63, 3.8) is 0 Å². The average molecular weight is 274 g/mol. The van der Waals surface area contributed by atoms with Crippen molar-refractivity contribution < 1.29 is 19.4 Å². The van der Waals surface area contributed by atoms with Gasteiger partial charge in [-0.25, -0.2) is 0 Å². The number of carbonyl (C=O) groups excluding carboxylic acids is 2. The van der Waals surface area contributed by atoms with Gasteiger partial charge < -0.3 is 9.84 Å². The van der Waals surface area contributed by atoms with Gasteiger partial charge in [-0.05, 0) is 13.3 Å². The van der Waals surface area contributed by atoms with Crippen molar-refractivity contribution in [1.82, 2.24) is 0 Å². The molecule has 0 aliphatic heterocycles. The predicted molar refractivity (Wildman–Crippen MR) is 74.9 cm³/mol. The maximum atomic E-state index is 12.6. The van der Waals surface area contributed by atoms with Crippen LogP contribution in [0.25, 0.3) is 0 Å². The summed E-state index contributed by atoms with van der Waals surface area (Å²) in [5, 5.41) is 8.82. The number of allylic oxidation sites excluding steroid dienone is 1. The lowest BCUT2D eigenvalue weighted by Crippen LogP contribution is -2.29. The van der Waals surface area contributed by atoms with Gasteiger partial charge in [0.25, 0.3) is 0 Å². The van der Waals surface area contributed by atoms with E-state index in [4.69, 9.17) is 9.84 Å². The van der Waals surface area contributed by atoms with Crippen LogP contribution in [0.3, 0.4) is 0 Å². The Morgan fingerprint density at radius 2 is 1.75 bits per heavy atom. The molecule has 0 fully saturated rings. The van der Waals surface area contributed by atoms with Crippen LogP contribution < -0.4 is 0 Å². The quantitative estimate of drug-likeness (QED) is 0.893. The zero-order valence-electron chi connectivity index (χ0n) is 11.7. The van der Waals surface area contributed by atoms with Crippen molar-refractivity contribution in [3.8, 4) is 0 Å². The smallest absolute Gasteiger partial charge is 0.192 e. The van der Waals surface area contributed by atoms with Gasteiger partial charge in [-0.1, -0.05) is 31.2 Å². The molecule has 4 heteroatoms. The number of hydrogen-bond acceptors (Lipinski definition) is 4. The first-order chi connectivity index (χ1) is 9.61. The molecule has 0 spiro atoms. The van der Waals surface area contributed by atoms with Gasteiger partial charge in [-0.2, -0.15) is 0 Å². The second kappa shape index (κ2) is 6.11. The summed E-state index contributed by atoms with van der Waals surface area (Å²) >= 11 is 0. The molecule has 1 unspecified atom stereocenters. The van der Waals surface area contributed by atoms with E-state index in [9.17, 15) is 9.59 Å². The zero-order chi connectivity index (χ0) is 14.7. The molecule has 20 heavy (non-hydrogen) atoms. The summed E-state index contributed by atoms with van der Waals surface area (Å²) in [4.78, 5) is 25.1. The van der Waals surface area contributed by atoms with Crippen molar-refractivity contribution >= 4 is 11.6 Å². The molecule has 1 aromatic carbocycles. The van der Waals surface area contributed by atoms with Crippen LogP contribution in [0.2, 0.25) is 0 Å². The van der Waals surface area contributed by atoms with Crippen LogP contribution in [-0.2, 0) is 4.74 Å². The highest BCUT2D eigenvalue weighted by atomic mass is 16.5. The summed E-state index contributed by atoms with van der Waals surface area (Å²) in [6.07, 6.45) is -0.0111. The number of hydrogen-bond donors (Lipinski definition) is 1. The highest BCUT2D eigenvalue weighted by Crippen LogP contribution is 2.30. The Morgan fingerprint density at radius 3 is 2.30 bits per heavy atom. The normalized spacial score (nSPS) is 16.4. The minimum atomic E-state index is -0.498. The lowest BCUT2D eigenvalue weighted by Gasteiger charge is -2.24. The van der Waals surface area contributed by atoms with Crippen molar-refractivity contribution in [2.75, 3.05) is 13.2 Å². The first-order valence-corrected chi connectivity index (χ1v) is 6.75. The molecule has 1 aliphatic rings. The Kier molecular flexibility index (Phi) is 4.47. The van der Waals surface area contributed by atoms with E-state index in [2.05, 4.69) is 0 Å². The number of ether oxygens (including phenoxy) is 1. The molecule has 0 saturated heterocycles. The molecule has 0 bridgehead atoms. The fourth-order valence-electron chi connectivity index (χ4n) is 2.54. The minimum absolute atomic E-state index is 0.0999. The number of aliphatic hydroxyl groups is 1. The maximum Gasteiger partial charge on any atom is 0.192 e. The molecule has 0 aromatic heterocycles. The monoisotopic (exact) mass is 274 g/mol. The number of rotatable bonds is 5. The van der Waals surface area contributed by atoms with E-state index in [1.54, 1.807) is 31.2 Å². The Balaban J connectivity index is 2.48. The largest absolute Gasteiger partial charge is 0.394 e. The molecule has 0 saturated carbocycles. The van der Waals surface area contributed by atoms with E-state index in [0.29, 0.717) is 28.7 Å². The number of benzene rings is 1. The Labute approximate surface area is 118 Å². The van der Waals surface area contributed by atoms with Gasteiger partial charge in [0.2, 0.25) is 0 Å². The first kappa shape index (κ1) is 14.6. The summed E-state index contributed by atoms with van der Waals surface area (Å²) in [5.74, 6) is -0.250. The molecular formula is C16H18O4. The number of fused-ring (bicyclic) bond motifs is 1. The van der Waals surface area contributed by atoms with Crippen LogP contribution >= 0.6 is 0 Å². The van der Waals surface area contributed by atoms with Crippen molar-refractivity contribution in [2.24, 2.45) is 0 Å². The third kappa shape index (κ3) is 2.44. The molecule has 0 heterocycles. The van der Waals surface area contributed by atoms with Crippen LogP contribution in [0.4, 0.5) is 0 Å². The van der Waals surface area contributed by atoms with Gasteiger partial charge in [0, 0.05) is 22.3 Å². The Bertz CT molecular complexity index is 572. The van der Waals surface area contributed by atoms with E-state index in [0.717, 1.165) is 0 Å². The number of ketones is 2. The molecule has 4 nitrogen and oxygen atoms in total. The Morgan fingerprint density at radius 1 is 1.15 bits per heavy atom. The summed E-state index contributed by atoms with van der Waals surface area (Å²) in [6, 6.07) is 6.85. The van der Waals surface area contributed by atoms with Crippen molar-refractivity contribution in [1.29, 1.82) is 0 Å².